The molecule has 2 fully saturated rings. The number of piperidine rings is 1. The van der Waals surface area contributed by atoms with Gasteiger partial charge < -0.3 is 0 Å². The maximum Gasteiger partial charge on any atom is 0.150 e. The summed E-state index contributed by atoms with van der Waals surface area (Å²) >= 11 is 0. The second-order valence-electron chi connectivity index (χ2n) is 5.65. The molecular formula is C16H21NO. The summed E-state index contributed by atoms with van der Waals surface area (Å²) in [6.45, 7) is 3.20. The van der Waals surface area contributed by atoms with Gasteiger partial charge in [-0.05, 0) is 24.3 Å². The van der Waals surface area contributed by atoms with E-state index >= 15 is 0 Å². The van der Waals surface area contributed by atoms with Crippen LogP contribution < -0.4 is 0 Å². The molecule has 1 aromatic carbocycles. The maximum absolute atomic E-state index is 12.1. The van der Waals surface area contributed by atoms with Gasteiger partial charge in [0, 0.05) is 19.0 Å². The predicted octanol–water partition coefficient (Wildman–Crippen LogP) is 3.02. The fourth-order valence-electron chi connectivity index (χ4n) is 3.72. The van der Waals surface area contributed by atoms with Gasteiger partial charge in [0.05, 0.1) is 6.04 Å². The summed E-state index contributed by atoms with van der Waals surface area (Å²) in [5, 5.41) is 0. The normalized spacial score (nSPS) is 31.8. The minimum atomic E-state index is 0.203. The smallest absolute Gasteiger partial charge is 0.150 e. The number of hydrogen-bond donors (Lipinski definition) is 0. The minimum absolute atomic E-state index is 0.203. The lowest BCUT2D eigenvalue weighted by atomic mass is 9.95. The third-order valence-electron chi connectivity index (χ3n) is 4.69. The lowest BCUT2D eigenvalue weighted by molar-refractivity contribution is -0.126. The van der Waals surface area contributed by atoms with Gasteiger partial charge >= 0.3 is 0 Å². The van der Waals surface area contributed by atoms with Gasteiger partial charge in [0.1, 0.15) is 5.78 Å². The van der Waals surface area contributed by atoms with Gasteiger partial charge in [-0.25, -0.2) is 0 Å². The summed E-state index contributed by atoms with van der Waals surface area (Å²) in [6.07, 6.45) is 4.17. The molecule has 2 aliphatic rings. The van der Waals surface area contributed by atoms with Crippen molar-refractivity contribution in [2.75, 3.05) is 0 Å². The molecule has 2 aliphatic heterocycles. The summed E-state index contributed by atoms with van der Waals surface area (Å²) in [5.74, 6) is 1.20. The minimum Gasteiger partial charge on any atom is -0.298 e. The molecule has 0 spiro atoms. The van der Waals surface area contributed by atoms with Crippen LogP contribution in [0, 0.1) is 5.92 Å². The van der Waals surface area contributed by atoms with Crippen LogP contribution in [0.3, 0.4) is 0 Å². The van der Waals surface area contributed by atoms with Crippen molar-refractivity contribution in [2.45, 2.75) is 51.2 Å². The molecule has 3 rings (SSSR count). The largest absolute Gasteiger partial charge is 0.298 e. The molecule has 96 valence electrons. The summed E-state index contributed by atoms with van der Waals surface area (Å²) in [6, 6.07) is 11.4. The van der Waals surface area contributed by atoms with E-state index in [0.717, 1.165) is 31.7 Å². The first kappa shape index (κ1) is 11.9. The molecule has 2 heteroatoms. The van der Waals surface area contributed by atoms with Crippen molar-refractivity contribution >= 4 is 5.78 Å². The maximum atomic E-state index is 12.1. The molecule has 0 radical (unpaired) electrons. The van der Waals surface area contributed by atoms with Crippen molar-refractivity contribution in [3.63, 3.8) is 0 Å². The number of ketones is 1. The van der Waals surface area contributed by atoms with Crippen molar-refractivity contribution in [1.82, 2.24) is 4.90 Å². The molecule has 0 unspecified atom stereocenters. The number of fused-ring (bicyclic) bond motifs is 2. The highest BCUT2D eigenvalue weighted by atomic mass is 16.1. The number of carbonyl (C=O) groups excluding carboxylic acids is 1. The molecule has 2 saturated heterocycles. The number of benzene rings is 1. The zero-order valence-electron chi connectivity index (χ0n) is 11.0. The Morgan fingerprint density at radius 2 is 2.06 bits per heavy atom. The van der Waals surface area contributed by atoms with E-state index in [1.54, 1.807) is 0 Å². The molecule has 0 aromatic heterocycles. The third kappa shape index (κ3) is 1.99. The van der Waals surface area contributed by atoms with E-state index in [1.165, 1.54) is 12.0 Å². The van der Waals surface area contributed by atoms with Crippen LogP contribution in [0.1, 0.15) is 38.2 Å². The lowest BCUT2D eigenvalue weighted by Gasteiger charge is -2.34. The Labute approximate surface area is 109 Å². The molecule has 0 N–H and O–H groups in total. The van der Waals surface area contributed by atoms with Crippen molar-refractivity contribution in [1.29, 1.82) is 0 Å². The molecule has 0 amide bonds. The van der Waals surface area contributed by atoms with Gasteiger partial charge in [0.25, 0.3) is 0 Å². The molecule has 0 aliphatic carbocycles. The SMILES string of the molecule is CC[C@H]1C[C@@H]2C(=O)CC[C@@H]1N2Cc1ccccc1. The molecule has 18 heavy (non-hydrogen) atoms. The first-order valence-electron chi connectivity index (χ1n) is 7.12. The highest BCUT2D eigenvalue weighted by Gasteiger charge is 2.46. The van der Waals surface area contributed by atoms with Gasteiger partial charge in [0.2, 0.25) is 0 Å². The molecule has 1 aromatic rings. The number of rotatable bonds is 3. The van der Waals surface area contributed by atoms with Crippen LogP contribution in [0.2, 0.25) is 0 Å². The van der Waals surface area contributed by atoms with Gasteiger partial charge in [-0.2, -0.15) is 0 Å². The van der Waals surface area contributed by atoms with Gasteiger partial charge in [-0.3, -0.25) is 9.69 Å². The van der Waals surface area contributed by atoms with E-state index in [-0.39, 0.29) is 6.04 Å². The fourth-order valence-corrected chi connectivity index (χ4v) is 3.72. The van der Waals surface area contributed by atoms with Crippen LogP contribution in [0.25, 0.3) is 0 Å². The molecule has 3 atom stereocenters. The van der Waals surface area contributed by atoms with E-state index < -0.39 is 0 Å². The fraction of sp³-hybridized carbons (Fsp3) is 0.562. The van der Waals surface area contributed by atoms with Gasteiger partial charge in [0.15, 0.2) is 0 Å². The lowest BCUT2D eigenvalue weighted by Crippen LogP contribution is -2.45. The quantitative estimate of drug-likeness (QED) is 0.813. The van der Waals surface area contributed by atoms with Gasteiger partial charge in [-0.1, -0.05) is 43.7 Å². The molecule has 0 saturated carbocycles. The monoisotopic (exact) mass is 243 g/mol. The van der Waals surface area contributed by atoms with Crippen molar-refractivity contribution in [2.24, 2.45) is 5.92 Å². The van der Waals surface area contributed by atoms with Crippen LogP contribution in [-0.4, -0.2) is 22.8 Å². The highest BCUT2D eigenvalue weighted by Crippen LogP contribution is 2.40. The summed E-state index contributed by atoms with van der Waals surface area (Å²) < 4.78 is 0. The average Bonchev–Trinajstić information content (AvgIpc) is 2.65. The van der Waals surface area contributed by atoms with E-state index in [0.29, 0.717) is 11.8 Å². The average molecular weight is 243 g/mol. The van der Waals surface area contributed by atoms with Crippen molar-refractivity contribution in [3.05, 3.63) is 35.9 Å². The van der Waals surface area contributed by atoms with Crippen LogP contribution in [0.5, 0.6) is 0 Å². The summed E-state index contributed by atoms with van der Waals surface area (Å²) in [5.41, 5.74) is 1.33. The molecular weight excluding hydrogens is 222 g/mol. The number of Topliss-reactive ketones (excluding diaryl/α,β-unsaturated/α-hetero) is 1. The Hall–Kier alpha value is -1.15. The Bertz CT molecular complexity index is 428. The van der Waals surface area contributed by atoms with Crippen LogP contribution in [0.15, 0.2) is 30.3 Å². The molecule has 2 heterocycles. The Morgan fingerprint density at radius 1 is 1.28 bits per heavy atom. The number of nitrogens with zero attached hydrogens (tertiary/aromatic N) is 1. The Morgan fingerprint density at radius 3 is 2.78 bits per heavy atom. The van der Waals surface area contributed by atoms with Crippen LogP contribution in [0.4, 0.5) is 0 Å². The predicted molar refractivity (Wildman–Crippen MR) is 72.2 cm³/mol. The van der Waals surface area contributed by atoms with E-state index in [4.69, 9.17) is 0 Å². The topological polar surface area (TPSA) is 20.3 Å². The number of hydrogen-bond acceptors (Lipinski definition) is 2. The van der Waals surface area contributed by atoms with E-state index in [1.807, 2.05) is 6.07 Å². The van der Waals surface area contributed by atoms with E-state index in [2.05, 4.69) is 36.1 Å². The zero-order chi connectivity index (χ0) is 12.5. The summed E-state index contributed by atoms with van der Waals surface area (Å²) in [4.78, 5) is 14.5. The Balaban J connectivity index is 1.81. The van der Waals surface area contributed by atoms with Crippen molar-refractivity contribution < 1.29 is 4.79 Å². The molecule has 2 nitrogen and oxygen atoms in total. The first-order chi connectivity index (χ1) is 8.79. The third-order valence-corrected chi connectivity index (χ3v) is 4.69. The number of carbonyl (C=O) groups is 1. The highest BCUT2D eigenvalue weighted by molar-refractivity contribution is 5.85. The second-order valence-corrected chi connectivity index (χ2v) is 5.65. The van der Waals surface area contributed by atoms with Crippen LogP contribution >= 0.6 is 0 Å². The standard InChI is InChI=1S/C16H21NO/c1-2-13-10-15-16(18)9-8-14(13)17(15)11-12-6-4-3-5-7-12/h3-7,13-15H,2,8-11H2,1H3/t13-,14-,15+/m0/s1. The Kier molecular flexibility index (Phi) is 3.21. The van der Waals surface area contributed by atoms with Gasteiger partial charge in [-0.15, -0.1) is 0 Å². The zero-order valence-corrected chi connectivity index (χ0v) is 11.0. The summed E-state index contributed by atoms with van der Waals surface area (Å²) in [7, 11) is 0. The van der Waals surface area contributed by atoms with Crippen molar-refractivity contribution in [3.8, 4) is 0 Å². The van der Waals surface area contributed by atoms with E-state index in [9.17, 15) is 4.79 Å². The molecule has 2 bridgehead atoms. The first-order valence-corrected chi connectivity index (χ1v) is 7.12. The van der Waals surface area contributed by atoms with Crippen LogP contribution in [-0.2, 0) is 11.3 Å². The second kappa shape index (κ2) is 4.85.